The van der Waals surface area contributed by atoms with Crippen LogP contribution >= 0.6 is 0 Å². The molecule has 1 fully saturated rings. The zero-order chi connectivity index (χ0) is 27.8. The molecule has 3 heterocycles. The predicted octanol–water partition coefficient (Wildman–Crippen LogP) is 6.41. The quantitative estimate of drug-likeness (QED) is 0.333. The third kappa shape index (κ3) is 6.75. The lowest BCUT2D eigenvalue weighted by Gasteiger charge is -2.42. The molecule has 39 heavy (non-hydrogen) atoms. The van der Waals surface area contributed by atoms with Crippen LogP contribution in [0.4, 0.5) is 32.0 Å². The van der Waals surface area contributed by atoms with E-state index in [-0.39, 0.29) is 18.6 Å². The van der Waals surface area contributed by atoms with Crippen LogP contribution in [0.5, 0.6) is 0 Å². The van der Waals surface area contributed by atoms with E-state index in [0.29, 0.717) is 19.5 Å². The number of anilines is 1. The molecule has 11 heteroatoms. The van der Waals surface area contributed by atoms with Crippen molar-refractivity contribution >= 4 is 5.69 Å². The second-order valence-corrected chi connectivity index (χ2v) is 10.6. The van der Waals surface area contributed by atoms with Gasteiger partial charge in [0.1, 0.15) is 0 Å². The Hall–Kier alpha value is -3.05. The van der Waals surface area contributed by atoms with Gasteiger partial charge in [-0.15, -0.1) is 0 Å². The van der Waals surface area contributed by atoms with Gasteiger partial charge in [0.15, 0.2) is 0 Å². The first-order valence-corrected chi connectivity index (χ1v) is 13.1. The van der Waals surface area contributed by atoms with Gasteiger partial charge in [0.25, 0.3) is 0 Å². The van der Waals surface area contributed by atoms with Gasteiger partial charge in [-0.2, -0.15) is 31.4 Å². The van der Waals surface area contributed by atoms with Gasteiger partial charge in [-0.05, 0) is 54.2 Å². The molecule has 2 aromatic carbocycles. The van der Waals surface area contributed by atoms with Crippen molar-refractivity contribution in [3.05, 3.63) is 71.5 Å². The summed E-state index contributed by atoms with van der Waals surface area (Å²) in [6.07, 6.45) is -4.61. The number of aromatic nitrogens is 2. The van der Waals surface area contributed by atoms with Gasteiger partial charge in [-0.25, -0.2) is 0 Å². The van der Waals surface area contributed by atoms with E-state index in [1.807, 2.05) is 49.4 Å². The topological polar surface area (TPSA) is 47.2 Å². The number of nitrogens with one attached hydrogen (secondary N) is 2. The Morgan fingerprint density at radius 2 is 1.77 bits per heavy atom. The van der Waals surface area contributed by atoms with E-state index < -0.39 is 31.4 Å². The lowest BCUT2D eigenvalue weighted by Crippen LogP contribution is -2.47. The Balaban J connectivity index is 1.35. The van der Waals surface area contributed by atoms with Crippen LogP contribution in [0, 0.1) is 0 Å². The zero-order valence-corrected chi connectivity index (χ0v) is 21.5. The Morgan fingerprint density at radius 1 is 1.00 bits per heavy atom. The van der Waals surface area contributed by atoms with Crippen molar-refractivity contribution in [3.63, 3.8) is 0 Å². The van der Waals surface area contributed by atoms with Crippen LogP contribution in [0.25, 0.3) is 11.1 Å². The number of H-pyrrole nitrogens is 1. The highest BCUT2D eigenvalue weighted by Crippen LogP contribution is 2.41. The van der Waals surface area contributed by atoms with Crippen molar-refractivity contribution in [3.8, 4) is 11.1 Å². The third-order valence-corrected chi connectivity index (χ3v) is 7.63. The Kier molecular flexibility index (Phi) is 7.65. The van der Waals surface area contributed by atoms with Crippen molar-refractivity contribution < 1.29 is 26.3 Å². The highest BCUT2D eigenvalue weighted by atomic mass is 19.4. The van der Waals surface area contributed by atoms with Gasteiger partial charge >= 0.3 is 12.4 Å². The van der Waals surface area contributed by atoms with Crippen LogP contribution in [0.15, 0.2) is 54.9 Å². The van der Waals surface area contributed by atoms with Crippen molar-refractivity contribution in [2.24, 2.45) is 0 Å². The predicted molar refractivity (Wildman–Crippen MR) is 137 cm³/mol. The second kappa shape index (κ2) is 10.8. The summed E-state index contributed by atoms with van der Waals surface area (Å²) in [6, 6.07) is 12.4. The number of alkyl halides is 6. The fourth-order valence-corrected chi connectivity index (χ4v) is 5.77. The van der Waals surface area contributed by atoms with Crippen molar-refractivity contribution in [1.82, 2.24) is 20.0 Å². The minimum absolute atomic E-state index is 0.0163. The summed E-state index contributed by atoms with van der Waals surface area (Å²) in [7, 11) is 0. The Morgan fingerprint density at radius 3 is 2.44 bits per heavy atom. The highest BCUT2D eigenvalue weighted by Gasteiger charge is 2.40. The average molecular weight is 552 g/mol. The number of nitrogens with zero attached hydrogens (tertiary/aromatic N) is 3. The molecule has 2 aliphatic heterocycles. The van der Waals surface area contributed by atoms with Gasteiger partial charge in [-0.1, -0.05) is 30.3 Å². The number of hydrogen-bond acceptors (Lipinski definition) is 4. The summed E-state index contributed by atoms with van der Waals surface area (Å²) in [6.45, 7) is 1.90. The molecule has 0 amide bonds. The minimum atomic E-state index is -4.34. The molecule has 0 bridgehead atoms. The number of halogens is 6. The molecule has 5 rings (SSSR count). The van der Waals surface area contributed by atoms with Crippen molar-refractivity contribution in [2.75, 3.05) is 31.5 Å². The van der Waals surface area contributed by atoms with Crippen LogP contribution in [0.2, 0.25) is 0 Å². The van der Waals surface area contributed by atoms with Crippen LogP contribution < -0.4 is 5.32 Å². The van der Waals surface area contributed by atoms with Gasteiger partial charge in [0.05, 0.1) is 25.2 Å². The molecule has 5 nitrogen and oxygen atoms in total. The fraction of sp³-hybridized carbons (Fsp3) is 0.464. The third-order valence-electron chi connectivity index (χ3n) is 7.63. The SMILES string of the molecule is C[C@@H]1Cc2cc(-c3cn[nH]c3)ccc2[C@@H](c2ccc(NC3CCN(CCC(F)(F)F)C3)cc2)N1CC(F)(F)F. The van der Waals surface area contributed by atoms with Gasteiger partial charge < -0.3 is 10.2 Å². The van der Waals surface area contributed by atoms with Gasteiger partial charge in [-0.3, -0.25) is 10.00 Å². The zero-order valence-electron chi connectivity index (χ0n) is 21.5. The molecule has 210 valence electrons. The van der Waals surface area contributed by atoms with Gasteiger partial charge in [0.2, 0.25) is 0 Å². The second-order valence-electron chi connectivity index (χ2n) is 10.6. The van der Waals surface area contributed by atoms with Crippen LogP contribution in [-0.2, 0) is 6.42 Å². The number of hydrogen-bond donors (Lipinski definition) is 2. The van der Waals surface area contributed by atoms with E-state index in [2.05, 4.69) is 15.5 Å². The summed E-state index contributed by atoms with van der Waals surface area (Å²) in [5.41, 5.74) is 5.28. The van der Waals surface area contributed by atoms with Crippen LogP contribution in [-0.4, -0.2) is 70.6 Å². The molecule has 0 aliphatic carbocycles. The van der Waals surface area contributed by atoms with Gasteiger partial charge in [0, 0.05) is 49.2 Å². The average Bonchev–Trinajstić information content (AvgIpc) is 3.55. The summed E-state index contributed by atoms with van der Waals surface area (Å²) >= 11 is 0. The van der Waals surface area contributed by atoms with E-state index in [1.165, 1.54) is 4.90 Å². The van der Waals surface area contributed by atoms with E-state index in [9.17, 15) is 26.3 Å². The molecule has 0 radical (unpaired) electrons. The van der Waals surface area contributed by atoms with Crippen molar-refractivity contribution in [2.45, 2.75) is 56.7 Å². The van der Waals surface area contributed by atoms with Crippen LogP contribution in [0.3, 0.4) is 0 Å². The standard InChI is InChI=1S/C28H31F6N5/c1-18-12-21-13-20(22-14-35-36-15-22)4-7-25(21)26(39(18)17-28(32,33)34)19-2-5-23(6-3-19)37-24-8-10-38(16-24)11-9-27(29,30)31/h2-7,13-15,18,24,26,37H,8-12,16-17H2,1H3,(H,35,36)/t18-,24?,26-/m1/s1. The molecule has 1 saturated heterocycles. The molecule has 0 saturated carbocycles. The lowest BCUT2D eigenvalue weighted by atomic mass is 9.83. The first-order valence-electron chi connectivity index (χ1n) is 13.1. The van der Waals surface area contributed by atoms with Crippen molar-refractivity contribution in [1.29, 1.82) is 0 Å². The molecule has 1 aromatic heterocycles. The number of fused-ring (bicyclic) bond motifs is 1. The molecule has 1 unspecified atom stereocenters. The lowest BCUT2D eigenvalue weighted by molar-refractivity contribution is -0.155. The maximum Gasteiger partial charge on any atom is 0.401 e. The maximum absolute atomic E-state index is 13.6. The summed E-state index contributed by atoms with van der Waals surface area (Å²) < 4.78 is 78.6. The monoisotopic (exact) mass is 551 g/mol. The Labute approximate surface area is 223 Å². The Bertz CT molecular complexity index is 1240. The number of benzene rings is 2. The van der Waals surface area contributed by atoms with E-state index in [4.69, 9.17) is 0 Å². The normalized spacial score (nSPS) is 22.7. The smallest absolute Gasteiger partial charge is 0.381 e. The molecule has 3 atom stereocenters. The van der Waals surface area contributed by atoms with E-state index in [1.54, 1.807) is 17.3 Å². The highest BCUT2D eigenvalue weighted by molar-refractivity contribution is 5.64. The summed E-state index contributed by atoms with van der Waals surface area (Å²) in [4.78, 5) is 3.31. The molecule has 2 aliphatic rings. The summed E-state index contributed by atoms with van der Waals surface area (Å²) in [5, 5.41) is 10.2. The van der Waals surface area contributed by atoms with Crippen LogP contribution in [0.1, 0.15) is 42.5 Å². The number of aromatic amines is 1. The largest absolute Gasteiger partial charge is 0.401 e. The van der Waals surface area contributed by atoms with E-state index in [0.717, 1.165) is 39.9 Å². The summed E-state index contributed by atoms with van der Waals surface area (Å²) in [5.74, 6) is 0. The first-order chi connectivity index (χ1) is 18.4. The molecule has 0 spiro atoms. The maximum atomic E-state index is 13.6. The molecular formula is C28H31F6N5. The number of rotatable bonds is 7. The first kappa shape index (κ1) is 27.5. The molecule has 3 aromatic rings. The molecule has 2 N–H and O–H groups in total. The fourth-order valence-electron chi connectivity index (χ4n) is 5.77. The minimum Gasteiger partial charge on any atom is -0.381 e. The number of likely N-dealkylation sites (tertiary alicyclic amines) is 1. The molecular weight excluding hydrogens is 520 g/mol. The van der Waals surface area contributed by atoms with E-state index >= 15 is 0 Å².